The maximum atomic E-state index is 9.64. The van der Waals surface area contributed by atoms with Crippen molar-refractivity contribution in [3.05, 3.63) is 48.0 Å². The third-order valence-corrected chi connectivity index (χ3v) is 3.26. The van der Waals surface area contributed by atoms with Crippen LogP contribution in [0, 0.1) is 0 Å². The zero-order valence-corrected chi connectivity index (χ0v) is 11.1. The SMILES string of the molecule is CCC(O)CN(C)Cc1ccc2ccccc2c1. The van der Waals surface area contributed by atoms with E-state index in [-0.39, 0.29) is 6.10 Å². The molecule has 0 heterocycles. The maximum Gasteiger partial charge on any atom is 0.0664 e. The van der Waals surface area contributed by atoms with Gasteiger partial charge in [0.1, 0.15) is 0 Å². The van der Waals surface area contributed by atoms with Gasteiger partial charge in [-0.05, 0) is 35.9 Å². The van der Waals surface area contributed by atoms with Gasteiger partial charge in [0.05, 0.1) is 6.10 Å². The van der Waals surface area contributed by atoms with E-state index in [1.54, 1.807) is 0 Å². The van der Waals surface area contributed by atoms with Crippen LogP contribution in [0.25, 0.3) is 10.8 Å². The standard InChI is InChI=1S/C16H21NO/c1-3-16(18)12-17(2)11-13-8-9-14-6-4-5-7-15(14)10-13/h4-10,16,18H,3,11-12H2,1-2H3. The third kappa shape index (κ3) is 3.31. The molecule has 0 aliphatic rings. The molecule has 0 fully saturated rings. The summed E-state index contributed by atoms with van der Waals surface area (Å²) in [6, 6.07) is 14.9. The highest BCUT2D eigenvalue weighted by Gasteiger charge is 2.06. The molecule has 18 heavy (non-hydrogen) atoms. The van der Waals surface area contributed by atoms with E-state index >= 15 is 0 Å². The molecule has 0 bridgehead atoms. The molecule has 0 aliphatic heterocycles. The van der Waals surface area contributed by atoms with E-state index in [0.29, 0.717) is 0 Å². The lowest BCUT2D eigenvalue weighted by atomic mass is 10.1. The number of hydrogen-bond acceptors (Lipinski definition) is 2. The zero-order chi connectivity index (χ0) is 13.0. The first-order valence-electron chi connectivity index (χ1n) is 6.53. The van der Waals surface area contributed by atoms with Gasteiger partial charge in [-0.15, -0.1) is 0 Å². The van der Waals surface area contributed by atoms with E-state index in [1.807, 2.05) is 14.0 Å². The third-order valence-electron chi connectivity index (χ3n) is 3.26. The van der Waals surface area contributed by atoms with Crippen LogP contribution in [0.2, 0.25) is 0 Å². The Kier molecular flexibility index (Phi) is 4.34. The van der Waals surface area contributed by atoms with Crippen LogP contribution in [0.5, 0.6) is 0 Å². The Morgan fingerprint density at radius 3 is 2.56 bits per heavy atom. The molecule has 0 spiro atoms. The highest BCUT2D eigenvalue weighted by Crippen LogP contribution is 2.16. The van der Waals surface area contributed by atoms with Gasteiger partial charge in [0.25, 0.3) is 0 Å². The van der Waals surface area contributed by atoms with Crippen LogP contribution in [-0.4, -0.2) is 29.7 Å². The van der Waals surface area contributed by atoms with Crippen LogP contribution in [0.1, 0.15) is 18.9 Å². The van der Waals surface area contributed by atoms with E-state index in [9.17, 15) is 5.11 Å². The van der Waals surface area contributed by atoms with Gasteiger partial charge in [0.2, 0.25) is 0 Å². The van der Waals surface area contributed by atoms with E-state index in [1.165, 1.54) is 16.3 Å². The molecule has 2 aromatic rings. The quantitative estimate of drug-likeness (QED) is 0.872. The van der Waals surface area contributed by atoms with Crippen LogP contribution < -0.4 is 0 Å². The van der Waals surface area contributed by atoms with Crippen molar-refractivity contribution in [3.63, 3.8) is 0 Å². The molecular formula is C16H21NO. The molecule has 1 N–H and O–H groups in total. The molecule has 0 radical (unpaired) electrons. The van der Waals surface area contributed by atoms with Crippen molar-refractivity contribution >= 4 is 10.8 Å². The van der Waals surface area contributed by atoms with Crippen molar-refractivity contribution in [2.24, 2.45) is 0 Å². The zero-order valence-electron chi connectivity index (χ0n) is 11.1. The van der Waals surface area contributed by atoms with Gasteiger partial charge in [-0.3, -0.25) is 4.90 Å². The molecule has 1 unspecified atom stereocenters. The number of nitrogens with zero attached hydrogens (tertiary/aromatic N) is 1. The number of aliphatic hydroxyl groups is 1. The van der Waals surface area contributed by atoms with Crippen molar-refractivity contribution in [3.8, 4) is 0 Å². The largest absolute Gasteiger partial charge is 0.392 e. The number of rotatable bonds is 5. The lowest BCUT2D eigenvalue weighted by molar-refractivity contribution is 0.119. The molecule has 96 valence electrons. The summed E-state index contributed by atoms with van der Waals surface area (Å²) >= 11 is 0. The maximum absolute atomic E-state index is 9.64. The van der Waals surface area contributed by atoms with Gasteiger partial charge in [0.15, 0.2) is 0 Å². The van der Waals surface area contributed by atoms with E-state index in [0.717, 1.165) is 19.5 Å². The summed E-state index contributed by atoms with van der Waals surface area (Å²) in [4.78, 5) is 2.16. The summed E-state index contributed by atoms with van der Waals surface area (Å²) in [5, 5.41) is 12.2. The number of fused-ring (bicyclic) bond motifs is 1. The Bertz CT molecular complexity index is 509. The lowest BCUT2D eigenvalue weighted by Gasteiger charge is -2.19. The van der Waals surface area contributed by atoms with Crippen molar-refractivity contribution in [2.75, 3.05) is 13.6 Å². The topological polar surface area (TPSA) is 23.5 Å². The van der Waals surface area contributed by atoms with Crippen LogP contribution in [-0.2, 0) is 6.54 Å². The Morgan fingerprint density at radius 1 is 1.11 bits per heavy atom. The molecule has 0 saturated heterocycles. The predicted octanol–water partition coefficient (Wildman–Crippen LogP) is 3.04. The molecule has 2 rings (SSSR count). The predicted molar refractivity (Wildman–Crippen MR) is 76.6 cm³/mol. The van der Waals surface area contributed by atoms with E-state index in [2.05, 4.69) is 47.4 Å². The van der Waals surface area contributed by atoms with Gasteiger partial charge in [-0.25, -0.2) is 0 Å². The van der Waals surface area contributed by atoms with Crippen molar-refractivity contribution in [1.82, 2.24) is 4.90 Å². The minimum absolute atomic E-state index is 0.226. The highest BCUT2D eigenvalue weighted by atomic mass is 16.3. The fourth-order valence-corrected chi connectivity index (χ4v) is 2.20. The smallest absolute Gasteiger partial charge is 0.0664 e. The van der Waals surface area contributed by atoms with Crippen molar-refractivity contribution < 1.29 is 5.11 Å². The van der Waals surface area contributed by atoms with Gasteiger partial charge >= 0.3 is 0 Å². The summed E-state index contributed by atoms with van der Waals surface area (Å²) < 4.78 is 0. The van der Waals surface area contributed by atoms with Gasteiger partial charge in [0, 0.05) is 13.1 Å². The fraction of sp³-hybridized carbons (Fsp3) is 0.375. The summed E-state index contributed by atoms with van der Waals surface area (Å²) in [6.07, 6.45) is 0.581. The molecule has 2 heteroatoms. The molecule has 2 aromatic carbocycles. The molecule has 0 saturated carbocycles. The Hall–Kier alpha value is -1.38. The molecule has 0 aliphatic carbocycles. The molecule has 0 aromatic heterocycles. The van der Waals surface area contributed by atoms with Crippen LogP contribution in [0.4, 0.5) is 0 Å². The van der Waals surface area contributed by atoms with E-state index in [4.69, 9.17) is 0 Å². The van der Waals surface area contributed by atoms with Crippen LogP contribution in [0.15, 0.2) is 42.5 Å². The Morgan fingerprint density at radius 2 is 1.83 bits per heavy atom. The monoisotopic (exact) mass is 243 g/mol. The summed E-state index contributed by atoms with van der Waals surface area (Å²) in [6.45, 7) is 3.61. The second kappa shape index (κ2) is 5.98. The minimum Gasteiger partial charge on any atom is -0.392 e. The second-order valence-electron chi connectivity index (χ2n) is 4.94. The average molecular weight is 243 g/mol. The normalized spacial score (nSPS) is 13.1. The van der Waals surface area contributed by atoms with E-state index < -0.39 is 0 Å². The second-order valence-corrected chi connectivity index (χ2v) is 4.94. The van der Waals surface area contributed by atoms with Gasteiger partial charge in [-0.2, -0.15) is 0 Å². The lowest BCUT2D eigenvalue weighted by Crippen LogP contribution is -2.28. The Balaban J connectivity index is 2.07. The first-order chi connectivity index (χ1) is 8.69. The number of likely N-dealkylation sites (N-methyl/N-ethyl adjacent to an activating group) is 1. The van der Waals surface area contributed by atoms with Crippen molar-refractivity contribution in [2.45, 2.75) is 26.0 Å². The summed E-state index contributed by atoms with van der Waals surface area (Å²) in [7, 11) is 2.05. The number of aliphatic hydroxyl groups excluding tert-OH is 1. The fourth-order valence-electron chi connectivity index (χ4n) is 2.20. The molecule has 2 nitrogen and oxygen atoms in total. The minimum atomic E-state index is -0.226. The summed E-state index contributed by atoms with van der Waals surface area (Å²) in [5.74, 6) is 0. The average Bonchev–Trinajstić information content (AvgIpc) is 2.38. The summed E-state index contributed by atoms with van der Waals surface area (Å²) in [5.41, 5.74) is 1.29. The number of benzene rings is 2. The first-order valence-corrected chi connectivity index (χ1v) is 6.53. The van der Waals surface area contributed by atoms with Crippen LogP contribution >= 0.6 is 0 Å². The molecule has 1 atom stereocenters. The highest BCUT2D eigenvalue weighted by molar-refractivity contribution is 5.82. The van der Waals surface area contributed by atoms with Crippen LogP contribution in [0.3, 0.4) is 0 Å². The van der Waals surface area contributed by atoms with Crippen molar-refractivity contribution in [1.29, 1.82) is 0 Å². The van der Waals surface area contributed by atoms with Gasteiger partial charge < -0.3 is 5.11 Å². The first kappa shape index (κ1) is 13.1. The number of hydrogen-bond donors (Lipinski definition) is 1. The Labute approximate surface area is 109 Å². The molecule has 0 amide bonds. The molecular weight excluding hydrogens is 222 g/mol. The van der Waals surface area contributed by atoms with Gasteiger partial charge in [-0.1, -0.05) is 43.3 Å².